The maximum Gasteiger partial charge on any atom is 0.0563 e. The highest BCUT2D eigenvalue weighted by atomic mass is 32.1. The van der Waals surface area contributed by atoms with Crippen molar-refractivity contribution in [1.29, 1.82) is 0 Å². The van der Waals surface area contributed by atoms with Gasteiger partial charge in [-0.2, -0.15) is 0 Å². The average Bonchev–Trinajstić information content (AvgIpc) is 2.64. The van der Waals surface area contributed by atoms with Gasteiger partial charge in [-0.05, 0) is 37.6 Å². The van der Waals surface area contributed by atoms with Crippen LogP contribution < -0.4 is 0 Å². The number of aryl methyl sites for hydroxylation is 2. The zero-order valence-corrected chi connectivity index (χ0v) is 8.77. The fraction of sp³-hybridized carbons (Fsp3) is 0.273. The van der Waals surface area contributed by atoms with E-state index in [0.717, 1.165) is 6.54 Å². The van der Waals surface area contributed by atoms with Gasteiger partial charge in [0.1, 0.15) is 0 Å². The Balaban J connectivity index is 2.19. The van der Waals surface area contributed by atoms with Crippen LogP contribution in [0.1, 0.15) is 15.3 Å². The van der Waals surface area contributed by atoms with Gasteiger partial charge in [0.25, 0.3) is 0 Å². The quantitative estimate of drug-likeness (QED) is 0.687. The molecule has 2 heterocycles. The Morgan fingerprint density at radius 3 is 2.46 bits per heavy atom. The molecule has 0 aliphatic rings. The molecule has 0 amide bonds. The van der Waals surface area contributed by atoms with Gasteiger partial charge in [-0.1, -0.05) is 0 Å². The van der Waals surface area contributed by atoms with E-state index < -0.39 is 0 Å². The summed E-state index contributed by atoms with van der Waals surface area (Å²) in [5, 5.41) is 0. The third-order valence-electron chi connectivity index (χ3n) is 2.22. The van der Waals surface area contributed by atoms with Crippen LogP contribution >= 0.6 is 11.3 Å². The molecular weight excluding hydrogens is 178 g/mol. The van der Waals surface area contributed by atoms with E-state index >= 15 is 0 Å². The largest absolute Gasteiger partial charge is 0.349 e. The lowest BCUT2D eigenvalue weighted by molar-refractivity contribution is 0.819. The van der Waals surface area contributed by atoms with Crippen LogP contribution in [0.25, 0.3) is 0 Å². The van der Waals surface area contributed by atoms with Gasteiger partial charge >= 0.3 is 0 Å². The number of hydrogen-bond acceptors (Lipinski definition) is 1. The normalized spacial score (nSPS) is 10.6. The average molecular weight is 191 g/mol. The highest BCUT2D eigenvalue weighted by Crippen LogP contribution is 2.21. The SMILES string of the molecule is Cc1cc(Cn2cccc2)sc1C. The van der Waals surface area contributed by atoms with Gasteiger partial charge in [0, 0.05) is 22.1 Å². The summed E-state index contributed by atoms with van der Waals surface area (Å²) in [6.45, 7) is 5.36. The van der Waals surface area contributed by atoms with Crippen LogP contribution in [0.15, 0.2) is 30.6 Å². The summed E-state index contributed by atoms with van der Waals surface area (Å²) >= 11 is 1.89. The van der Waals surface area contributed by atoms with Gasteiger partial charge < -0.3 is 4.57 Å². The van der Waals surface area contributed by atoms with Crippen molar-refractivity contribution in [3.05, 3.63) is 45.9 Å². The smallest absolute Gasteiger partial charge is 0.0563 e. The van der Waals surface area contributed by atoms with Crippen LogP contribution in [0.4, 0.5) is 0 Å². The first-order valence-electron chi connectivity index (χ1n) is 4.42. The van der Waals surface area contributed by atoms with E-state index in [1.807, 2.05) is 11.3 Å². The first-order chi connectivity index (χ1) is 6.25. The number of rotatable bonds is 2. The minimum absolute atomic E-state index is 1.01. The van der Waals surface area contributed by atoms with Gasteiger partial charge in [0.15, 0.2) is 0 Å². The zero-order valence-electron chi connectivity index (χ0n) is 7.95. The van der Waals surface area contributed by atoms with Crippen LogP contribution in [-0.4, -0.2) is 4.57 Å². The molecule has 0 N–H and O–H groups in total. The highest BCUT2D eigenvalue weighted by Gasteiger charge is 2.00. The number of aromatic nitrogens is 1. The number of nitrogens with zero attached hydrogens (tertiary/aromatic N) is 1. The molecule has 68 valence electrons. The van der Waals surface area contributed by atoms with Crippen LogP contribution in [0.2, 0.25) is 0 Å². The molecule has 0 unspecified atom stereocenters. The maximum absolute atomic E-state index is 2.28. The van der Waals surface area contributed by atoms with Gasteiger partial charge in [-0.3, -0.25) is 0 Å². The summed E-state index contributed by atoms with van der Waals surface area (Å²) < 4.78 is 2.20. The van der Waals surface area contributed by atoms with Crippen molar-refractivity contribution in [2.24, 2.45) is 0 Å². The van der Waals surface area contributed by atoms with Crippen LogP contribution in [0.3, 0.4) is 0 Å². The number of thiophene rings is 1. The Labute approximate surface area is 82.6 Å². The minimum atomic E-state index is 1.01. The van der Waals surface area contributed by atoms with Crippen molar-refractivity contribution in [1.82, 2.24) is 4.57 Å². The maximum atomic E-state index is 2.28. The molecule has 0 saturated heterocycles. The number of hydrogen-bond donors (Lipinski definition) is 0. The molecule has 0 bridgehead atoms. The fourth-order valence-corrected chi connectivity index (χ4v) is 2.45. The molecule has 0 aromatic carbocycles. The van der Waals surface area contributed by atoms with Crippen LogP contribution in [0, 0.1) is 13.8 Å². The summed E-state index contributed by atoms with van der Waals surface area (Å²) in [6, 6.07) is 6.40. The lowest BCUT2D eigenvalue weighted by Gasteiger charge is -1.97. The van der Waals surface area contributed by atoms with Crippen LogP contribution in [0.5, 0.6) is 0 Å². The molecular formula is C11H13NS. The van der Waals surface area contributed by atoms with E-state index in [-0.39, 0.29) is 0 Å². The molecule has 2 rings (SSSR count). The lowest BCUT2D eigenvalue weighted by Crippen LogP contribution is -1.92. The van der Waals surface area contributed by atoms with Crippen molar-refractivity contribution in [3.63, 3.8) is 0 Å². The molecule has 2 heteroatoms. The van der Waals surface area contributed by atoms with E-state index in [4.69, 9.17) is 0 Å². The Hall–Kier alpha value is -1.02. The third-order valence-corrected chi connectivity index (χ3v) is 3.36. The Morgan fingerprint density at radius 1 is 1.23 bits per heavy atom. The van der Waals surface area contributed by atoms with Crippen molar-refractivity contribution in [2.45, 2.75) is 20.4 Å². The van der Waals surface area contributed by atoms with Gasteiger partial charge in [-0.25, -0.2) is 0 Å². The summed E-state index contributed by atoms with van der Waals surface area (Å²) in [6.07, 6.45) is 4.20. The third kappa shape index (κ3) is 1.83. The van der Waals surface area contributed by atoms with Gasteiger partial charge in [0.05, 0.1) is 6.54 Å². The minimum Gasteiger partial charge on any atom is -0.349 e. The molecule has 2 aromatic heterocycles. The van der Waals surface area contributed by atoms with E-state index in [2.05, 4.69) is 49.0 Å². The Bertz CT molecular complexity index is 365. The topological polar surface area (TPSA) is 4.93 Å². The van der Waals surface area contributed by atoms with E-state index in [9.17, 15) is 0 Å². The van der Waals surface area contributed by atoms with E-state index in [1.54, 1.807) is 0 Å². The second-order valence-electron chi connectivity index (χ2n) is 3.31. The summed E-state index contributed by atoms with van der Waals surface area (Å²) in [5.74, 6) is 0. The van der Waals surface area contributed by atoms with Crippen molar-refractivity contribution in [3.8, 4) is 0 Å². The predicted molar refractivity (Wildman–Crippen MR) is 57.3 cm³/mol. The van der Waals surface area contributed by atoms with E-state index in [0.29, 0.717) is 0 Å². The van der Waals surface area contributed by atoms with Gasteiger partial charge in [0.2, 0.25) is 0 Å². The van der Waals surface area contributed by atoms with Crippen molar-refractivity contribution in [2.75, 3.05) is 0 Å². The molecule has 0 atom stereocenters. The summed E-state index contributed by atoms with van der Waals surface area (Å²) in [5.41, 5.74) is 1.41. The monoisotopic (exact) mass is 191 g/mol. The standard InChI is InChI=1S/C11H13NS/c1-9-7-11(13-10(9)2)8-12-5-3-4-6-12/h3-7H,8H2,1-2H3. The second-order valence-corrected chi connectivity index (χ2v) is 4.65. The lowest BCUT2D eigenvalue weighted by atomic mass is 10.3. The molecule has 0 aliphatic carbocycles. The molecule has 1 nitrogen and oxygen atoms in total. The molecule has 0 aliphatic heterocycles. The zero-order chi connectivity index (χ0) is 9.26. The van der Waals surface area contributed by atoms with Crippen molar-refractivity contribution >= 4 is 11.3 Å². The highest BCUT2D eigenvalue weighted by molar-refractivity contribution is 7.12. The molecule has 0 fully saturated rings. The Morgan fingerprint density at radius 2 is 1.92 bits per heavy atom. The molecule has 0 radical (unpaired) electrons. The first kappa shape index (κ1) is 8.57. The first-order valence-corrected chi connectivity index (χ1v) is 5.24. The van der Waals surface area contributed by atoms with Crippen LogP contribution in [-0.2, 0) is 6.54 Å². The summed E-state index contributed by atoms with van der Waals surface area (Å²) in [4.78, 5) is 2.87. The van der Waals surface area contributed by atoms with Gasteiger partial charge in [-0.15, -0.1) is 11.3 Å². The molecule has 0 spiro atoms. The predicted octanol–water partition coefficient (Wildman–Crippen LogP) is 3.21. The second kappa shape index (κ2) is 3.38. The molecule has 0 saturated carbocycles. The molecule has 2 aromatic rings. The molecule has 13 heavy (non-hydrogen) atoms. The van der Waals surface area contributed by atoms with Crippen molar-refractivity contribution < 1.29 is 0 Å². The van der Waals surface area contributed by atoms with E-state index in [1.165, 1.54) is 15.3 Å². The summed E-state index contributed by atoms with van der Waals surface area (Å²) in [7, 11) is 0. The fourth-order valence-electron chi connectivity index (χ4n) is 1.38. The Kier molecular flexibility index (Phi) is 2.23.